The monoisotopic (exact) mass is 292 g/mol. The molecule has 0 unspecified atom stereocenters. The first-order chi connectivity index (χ1) is 10.8. The zero-order valence-corrected chi connectivity index (χ0v) is 12.2. The molecule has 2 aromatic carbocycles. The first-order valence-corrected chi connectivity index (χ1v) is 7.01. The highest BCUT2D eigenvalue weighted by Crippen LogP contribution is 2.26. The average Bonchev–Trinajstić information content (AvgIpc) is 3.06. The number of rotatable bonds is 4. The standard InChI is InChI=1S/C18H16N2O2/c1-22-18(21)16-12-20(13-19-16)17(14-8-4-2-5-9-14)15-10-6-3-7-11-15/h2-13,17H,1H3. The summed E-state index contributed by atoms with van der Waals surface area (Å²) in [7, 11) is 1.35. The number of aromatic nitrogens is 2. The molecule has 0 aliphatic carbocycles. The van der Waals surface area contributed by atoms with Gasteiger partial charge < -0.3 is 9.30 Å². The lowest BCUT2D eigenvalue weighted by Crippen LogP contribution is -2.10. The number of carbonyl (C=O) groups excluding carboxylic acids is 1. The van der Waals surface area contributed by atoms with Gasteiger partial charge in [0.25, 0.3) is 0 Å². The molecule has 3 aromatic rings. The Kier molecular flexibility index (Phi) is 4.01. The summed E-state index contributed by atoms with van der Waals surface area (Å²) in [5, 5.41) is 0. The van der Waals surface area contributed by atoms with E-state index in [1.54, 1.807) is 12.5 Å². The van der Waals surface area contributed by atoms with Gasteiger partial charge in [-0.3, -0.25) is 0 Å². The maximum absolute atomic E-state index is 11.6. The van der Waals surface area contributed by atoms with Crippen molar-refractivity contribution in [2.45, 2.75) is 6.04 Å². The molecular weight excluding hydrogens is 276 g/mol. The predicted octanol–water partition coefficient (Wildman–Crippen LogP) is 3.31. The van der Waals surface area contributed by atoms with Crippen LogP contribution >= 0.6 is 0 Å². The SMILES string of the molecule is COC(=O)c1cn(C(c2ccccc2)c2ccccc2)cn1. The lowest BCUT2D eigenvalue weighted by molar-refractivity contribution is 0.0594. The summed E-state index contributed by atoms with van der Waals surface area (Å²) in [6.45, 7) is 0. The molecule has 1 heterocycles. The summed E-state index contributed by atoms with van der Waals surface area (Å²) >= 11 is 0. The molecule has 3 rings (SSSR count). The predicted molar refractivity (Wildman–Crippen MR) is 83.7 cm³/mol. The van der Waals surface area contributed by atoms with Gasteiger partial charge in [-0.15, -0.1) is 0 Å². The zero-order valence-electron chi connectivity index (χ0n) is 12.2. The fraction of sp³-hybridized carbons (Fsp3) is 0.111. The number of hydrogen-bond acceptors (Lipinski definition) is 3. The molecule has 4 heteroatoms. The van der Waals surface area contributed by atoms with Crippen LogP contribution in [0.3, 0.4) is 0 Å². The van der Waals surface area contributed by atoms with Gasteiger partial charge in [-0.2, -0.15) is 0 Å². The van der Waals surface area contributed by atoms with E-state index < -0.39 is 5.97 Å². The minimum Gasteiger partial charge on any atom is -0.464 e. The van der Waals surface area contributed by atoms with Crippen molar-refractivity contribution < 1.29 is 9.53 Å². The van der Waals surface area contributed by atoms with E-state index in [-0.39, 0.29) is 6.04 Å². The third-order valence-corrected chi connectivity index (χ3v) is 3.52. The number of nitrogens with zero attached hydrogens (tertiary/aromatic N) is 2. The quantitative estimate of drug-likeness (QED) is 0.693. The van der Waals surface area contributed by atoms with Gasteiger partial charge in [0.2, 0.25) is 0 Å². The Morgan fingerprint density at radius 1 is 1.00 bits per heavy atom. The van der Waals surface area contributed by atoms with Crippen LogP contribution in [0.2, 0.25) is 0 Å². The minimum absolute atomic E-state index is 0.0340. The molecule has 0 atom stereocenters. The van der Waals surface area contributed by atoms with Crippen LogP contribution in [0.25, 0.3) is 0 Å². The maximum atomic E-state index is 11.6. The summed E-state index contributed by atoms with van der Waals surface area (Å²) in [6, 6.07) is 20.2. The summed E-state index contributed by atoms with van der Waals surface area (Å²) < 4.78 is 6.65. The molecule has 110 valence electrons. The molecular formula is C18H16N2O2. The van der Waals surface area contributed by atoms with Gasteiger partial charge in [0, 0.05) is 6.20 Å². The van der Waals surface area contributed by atoms with Crippen molar-refractivity contribution in [3.63, 3.8) is 0 Å². The van der Waals surface area contributed by atoms with E-state index in [1.165, 1.54) is 7.11 Å². The molecule has 0 spiro atoms. The van der Waals surface area contributed by atoms with Crippen LogP contribution < -0.4 is 0 Å². The van der Waals surface area contributed by atoms with Crippen LogP contribution in [-0.4, -0.2) is 22.6 Å². The van der Waals surface area contributed by atoms with Gasteiger partial charge in [-0.25, -0.2) is 9.78 Å². The van der Waals surface area contributed by atoms with Gasteiger partial charge in [0.05, 0.1) is 19.5 Å². The largest absolute Gasteiger partial charge is 0.464 e. The number of ether oxygens (including phenoxy) is 1. The number of methoxy groups -OCH3 is 1. The second-order valence-electron chi connectivity index (χ2n) is 4.92. The molecule has 0 saturated heterocycles. The average molecular weight is 292 g/mol. The Labute approximate surface area is 129 Å². The second-order valence-corrected chi connectivity index (χ2v) is 4.92. The van der Waals surface area contributed by atoms with E-state index in [0.717, 1.165) is 11.1 Å². The Morgan fingerprint density at radius 2 is 1.55 bits per heavy atom. The fourth-order valence-corrected chi connectivity index (χ4v) is 2.50. The van der Waals surface area contributed by atoms with Crippen molar-refractivity contribution in [3.8, 4) is 0 Å². The summed E-state index contributed by atoms with van der Waals surface area (Å²) in [5.74, 6) is -0.432. The van der Waals surface area contributed by atoms with E-state index in [1.807, 2.05) is 41.0 Å². The lowest BCUT2D eigenvalue weighted by Gasteiger charge is -2.19. The summed E-state index contributed by atoms with van der Waals surface area (Å²) in [4.78, 5) is 15.8. The van der Waals surface area contributed by atoms with Crippen molar-refractivity contribution >= 4 is 5.97 Å². The molecule has 0 aliphatic heterocycles. The first kappa shape index (κ1) is 14.1. The van der Waals surface area contributed by atoms with Crippen LogP contribution in [0.15, 0.2) is 73.2 Å². The Balaban J connectivity index is 2.06. The first-order valence-electron chi connectivity index (χ1n) is 7.01. The molecule has 0 saturated carbocycles. The Hall–Kier alpha value is -2.88. The van der Waals surface area contributed by atoms with Crippen molar-refractivity contribution in [2.75, 3.05) is 7.11 Å². The molecule has 0 N–H and O–H groups in total. The van der Waals surface area contributed by atoms with Gasteiger partial charge >= 0.3 is 5.97 Å². The van der Waals surface area contributed by atoms with E-state index >= 15 is 0 Å². The van der Waals surface area contributed by atoms with E-state index in [9.17, 15) is 4.79 Å². The van der Waals surface area contributed by atoms with Gasteiger partial charge in [0.1, 0.15) is 0 Å². The molecule has 4 nitrogen and oxygen atoms in total. The third kappa shape index (κ3) is 2.76. The highest BCUT2D eigenvalue weighted by atomic mass is 16.5. The van der Waals surface area contributed by atoms with Gasteiger partial charge in [0.15, 0.2) is 5.69 Å². The van der Waals surface area contributed by atoms with E-state index in [0.29, 0.717) is 5.69 Å². The normalized spacial score (nSPS) is 10.6. The van der Waals surface area contributed by atoms with Gasteiger partial charge in [-0.05, 0) is 11.1 Å². The van der Waals surface area contributed by atoms with Crippen LogP contribution in [-0.2, 0) is 4.74 Å². The Morgan fingerprint density at radius 3 is 2.05 bits per heavy atom. The molecule has 1 aromatic heterocycles. The second kappa shape index (κ2) is 6.26. The highest BCUT2D eigenvalue weighted by molar-refractivity contribution is 5.86. The third-order valence-electron chi connectivity index (χ3n) is 3.52. The van der Waals surface area contributed by atoms with Crippen molar-refractivity contribution in [3.05, 3.63) is 90.0 Å². The summed E-state index contributed by atoms with van der Waals surface area (Å²) in [6.07, 6.45) is 3.38. The van der Waals surface area contributed by atoms with Crippen LogP contribution in [0.1, 0.15) is 27.7 Å². The van der Waals surface area contributed by atoms with Gasteiger partial charge in [-0.1, -0.05) is 60.7 Å². The van der Waals surface area contributed by atoms with Crippen LogP contribution in [0, 0.1) is 0 Å². The van der Waals surface area contributed by atoms with Crippen LogP contribution in [0.4, 0.5) is 0 Å². The minimum atomic E-state index is -0.432. The molecule has 0 radical (unpaired) electrons. The van der Waals surface area contributed by atoms with Crippen molar-refractivity contribution in [2.24, 2.45) is 0 Å². The van der Waals surface area contributed by atoms with Crippen molar-refractivity contribution in [1.29, 1.82) is 0 Å². The molecule has 22 heavy (non-hydrogen) atoms. The van der Waals surface area contributed by atoms with E-state index in [4.69, 9.17) is 4.74 Å². The zero-order chi connectivity index (χ0) is 15.4. The number of benzene rings is 2. The molecule has 0 aliphatic rings. The van der Waals surface area contributed by atoms with Crippen LogP contribution in [0.5, 0.6) is 0 Å². The lowest BCUT2D eigenvalue weighted by atomic mass is 9.98. The smallest absolute Gasteiger partial charge is 0.358 e. The highest BCUT2D eigenvalue weighted by Gasteiger charge is 2.18. The number of carbonyl (C=O) groups is 1. The Bertz CT molecular complexity index is 712. The number of esters is 1. The van der Waals surface area contributed by atoms with Crippen molar-refractivity contribution in [1.82, 2.24) is 9.55 Å². The summed E-state index contributed by atoms with van der Waals surface area (Å²) in [5.41, 5.74) is 2.56. The molecule has 0 amide bonds. The molecule has 0 bridgehead atoms. The van der Waals surface area contributed by atoms with E-state index in [2.05, 4.69) is 29.2 Å². The number of hydrogen-bond donors (Lipinski definition) is 0. The topological polar surface area (TPSA) is 44.1 Å². The molecule has 0 fully saturated rings. The maximum Gasteiger partial charge on any atom is 0.358 e. The number of imidazole rings is 1. The fourth-order valence-electron chi connectivity index (χ4n) is 2.50.